The van der Waals surface area contributed by atoms with Gasteiger partial charge in [-0.05, 0) is 142 Å². The smallest absolute Gasteiger partial charge is 0.305 e. The van der Waals surface area contributed by atoms with Gasteiger partial charge in [0.2, 0.25) is 0 Å². The monoisotopic (exact) mass is 797 g/mol. The highest BCUT2D eigenvalue weighted by Crippen LogP contribution is 2.67. The van der Waals surface area contributed by atoms with E-state index >= 15 is 0 Å². The zero-order chi connectivity index (χ0) is 41.2. The Bertz CT molecular complexity index is 1320. The number of hydrogen-bond donors (Lipinski definition) is 3. The van der Waals surface area contributed by atoms with Crippen molar-refractivity contribution in [3.8, 4) is 0 Å². The number of esters is 1. The average Bonchev–Trinajstić information content (AvgIpc) is 3.55. The summed E-state index contributed by atoms with van der Waals surface area (Å²) in [4.78, 5) is 12.6. The van der Waals surface area contributed by atoms with Gasteiger partial charge < -0.3 is 29.5 Å². The molecule has 0 aromatic heterocycles. The van der Waals surface area contributed by atoms with Gasteiger partial charge in [0.1, 0.15) is 31.0 Å². The predicted molar refractivity (Wildman–Crippen MR) is 230 cm³/mol. The second-order valence-electron chi connectivity index (χ2n) is 20.2. The SMILES string of the molecule is CCCCC/C=C\C/C=C\CCCCCC(=O)OCC1O[C@@H](O[C@H]2CC[C@@]3(C)C(=CC[C@H]4[C@@H]5CC[C@H]([C@H](C)CC[C@@H](C)C(C)C)[C@@]5(C)CC[C@@H]43)C2)C(O)C(O)[C@@H]1O. The Labute approximate surface area is 347 Å². The van der Waals surface area contributed by atoms with Crippen LogP contribution in [0.25, 0.3) is 0 Å². The molecule has 1 saturated heterocycles. The molecule has 3 saturated carbocycles. The standard InChI is InChI=1S/C50H84O7/c1-8-9-10-11-12-13-14-15-16-17-18-19-20-21-44(51)55-33-43-45(52)46(53)47(54)48(57-43)56-38-28-30-49(6)37(32-38)24-25-39-41-27-26-40(50(41,7)31-29-42(39)49)36(5)23-22-35(4)34(2)3/h12-13,15-16,24,34-36,38-43,45-48,52-54H,8-11,14,17-23,25-33H2,1-7H3/b13-12-,16-15-/t35-,36-,38+,39+,40-,41+,42+,43?,45-,46?,47?,48-,49+,50-/m1/s1. The molecule has 0 bridgehead atoms. The second kappa shape index (κ2) is 21.8. The number of rotatable bonds is 21. The van der Waals surface area contributed by atoms with Crippen LogP contribution in [0.5, 0.6) is 0 Å². The van der Waals surface area contributed by atoms with Gasteiger partial charge in [0.05, 0.1) is 6.10 Å². The van der Waals surface area contributed by atoms with Crippen LogP contribution in [-0.2, 0) is 19.0 Å². The van der Waals surface area contributed by atoms with E-state index < -0.39 is 30.7 Å². The molecular weight excluding hydrogens is 713 g/mol. The number of fused-ring (bicyclic) bond motifs is 5. The highest BCUT2D eigenvalue weighted by molar-refractivity contribution is 5.69. The molecule has 1 heterocycles. The van der Waals surface area contributed by atoms with E-state index in [1.165, 1.54) is 69.8 Å². The number of unbranched alkanes of at least 4 members (excludes halogenated alkanes) is 6. The largest absolute Gasteiger partial charge is 0.463 e. The van der Waals surface area contributed by atoms with Crippen molar-refractivity contribution in [1.82, 2.24) is 0 Å². The Morgan fingerprint density at radius 1 is 0.860 bits per heavy atom. The normalized spacial score (nSPS) is 37.8. The molecule has 326 valence electrons. The van der Waals surface area contributed by atoms with Crippen molar-refractivity contribution >= 4 is 5.97 Å². The molecule has 5 aliphatic rings. The third kappa shape index (κ3) is 11.7. The molecule has 4 fully saturated rings. The summed E-state index contributed by atoms with van der Waals surface area (Å²) in [5.41, 5.74) is 2.11. The summed E-state index contributed by atoms with van der Waals surface area (Å²) < 4.78 is 18.0. The van der Waals surface area contributed by atoms with Crippen molar-refractivity contribution in [3.63, 3.8) is 0 Å². The summed E-state index contributed by atoms with van der Waals surface area (Å²) in [5.74, 6) is 5.12. The van der Waals surface area contributed by atoms with Crippen LogP contribution in [0.1, 0.15) is 177 Å². The maximum absolute atomic E-state index is 12.6. The Morgan fingerprint density at radius 2 is 1.60 bits per heavy atom. The van der Waals surface area contributed by atoms with E-state index in [9.17, 15) is 20.1 Å². The van der Waals surface area contributed by atoms with Crippen molar-refractivity contribution in [1.29, 1.82) is 0 Å². The van der Waals surface area contributed by atoms with Crippen molar-refractivity contribution in [2.45, 2.75) is 214 Å². The zero-order valence-electron chi connectivity index (χ0n) is 37.2. The minimum atomic E-state index is -1.45. The van der Waals surface area contributed by atoms with Crippen molar-refractivity contribution in [3.05, 3.63) is 36.0 Å². The van der Waals surface area contributed by atoms with Crippen LogP contribution < -0.4 is 0 Å². The van der Waals surface area contributed by atoms with Crippen LogP contribution in [0.15, 0.2) is 36.0 Å². The van der Waals surface area contributed by atoms with Crippen LogP contribution in [-0.4, -0.2) is 64.7 Å². The molecule has 0 aromatic rings. The van der Waals surface area contributed by atoms with Gasteiger partial charge in [-0.3, -0.25) is 4.79 Å². The average molecular weight is 797 g/mol. The number of hydrogen-bond acceptors (Lipinski definition) is 7. The molecule has 7 nitrogen and oxygen atoms in total. The highest BCUT2D eigenvalue weighted by Gasteiger charge is 2.59. The molecule has 0 amide bonds. The maximum Gasteiger partial charge on any atom is 0.305 e. The van der Waals surface area contributed by atoms with Gasteiger partial charge in [-0.1, -0.05) is 117 Å². The van der Waals surface area contributed by atoms with Crippen molar-refractivity contribution in [2.75, 3.05) is 6.61 Å². The molecule has 3 N–H and O–H groups in total. The van der Waals surface area contributed by atoms with E-state index in [4.69, 9.17) is 14.2 Å². The lowest BCUT2D eigenvalue weighted by Crippen LogP contribution is -2.60. The molecule has 7 heteroatoms. The molecule has 57 heavy (non-hydrogen) atoms. The van der Waals surface area contributed by atoms with E-state index in [-0.39, 0.29) is 24.1 Å². The van der Waals surface area contributed by atoms with E-state index in [0.717, 1.165) is 93.3 Å². The van der Waals surface area contributed by atoms with E-state index in [0.29, 0.717) is 17.8 Å². The maximum atomic E-state index is 12.6. The Kier molecular flexibility index (Phi) is 17.8. The van der Waals surface area contributed by atoms with Gasteiger partial charge in [0.25, 0.3) is 0 Å². The van der Waals surface area contributed by atoms with Crippen LogP contribution in [0.3, 0.4) is 0 Å². The lowest BCUT2D eigenvalue weighted by molar-refractivity contribution is -0.313. The molecule has 14 atom stereocenters. The third-order valence-electron chi connectivity index (χ3n) is 16.3. The number of carbonyl (C=O) groups excluding carboxylic acids is 1. The topological polar surface area (TPSA) is 105 Å². The fraction of sp³-hybridized carbons (Fsp3) is 0.860. The highest BCUT2D eigenvalue weighted by atomic mass is 16.7. The summed E-state index contributed by atoms with van der Waals surface area (Å²) in [6.45, 7) is 16.9. The Balaban J connectivity index is 1.05. The predicted octanol–water partition coefficient (Wildman–Crippen LogP) is 11.0. The molecule has 4 aliphatic carbocycles. The second-order valence-corrected chi connectivity index (χ2v) is 20.2. The van der Waals surface area contributed by atoms with Crippen LogP contribution in [0.2, 0.25) is 0 Å². The summed E-state index contributed by atoms with van der Waals surface area (Å²) in [5, 5.41) is 32.4. The van der Waals surface area contributed by atoms with Crippen LogP contribution in [0, 0.1) is 52.3 Å². The van der Waals surface area contributed by atoms with Gasteiger partial charge in [-0.25, -0.2) is 0 Å². The lowest BCUT2D eigenvalue weighted by Gasteiger charge is -2.58. The fourth-order valence-electron chi connectivity index (χ4n) is 12.1. The summed E-state index contributed by atoms with van der Waals surface area (Å²) in [6, 6.07) is 0. The summed E-state index contributed by atoms with van der Waals surface area (Å²) in [7, 11) is 0. The first-order valence-corrected chi connectivity index (χ1v) is 23.8. The molecule has 3 unspecified atom stereocenters. The third-order valence-corrected chi connectivity index (χ3v) is 16.3. The number of ether oxygens (including phenoxy) is 3. The first kappa shape index (κ1) is 46.6. The number of carbonyl (C=O) groups is 1. The Morgan fingerprint density at radius 3 is 2.32 bits per heavy atom. The summed E-state index contributed by atoms with van der Waals surface area (Å²) in [6.07, 6.45) is 27.0. The quantitative estimate of drug-likeness (QED) is 0.0603. The zero-order valence-corrected chi connectivity index (χ0v) is 37.2. The van der Waals surface area contributed by atoms with Gasteiger partial charge in [-0.2, -0.15) is 0 Å². The van der Waals surface area contributed by atoms with E-state index in [1.807, 2.05) is 0 Å². The van der Waals surface area contributed by atoms with E-state index in [1.54, 1.807) is 0 Å². The fourth-order valence-corrected chi connectivity index (χ4v) is 12.1. The minimum Gasteiger partial charge on any atom is -0.463 e. The van der Waals surface area contributed by atoms with Crippen LogP contribution >= 0.6 is 0 Å². The number of aliphatic hydroxyl groups is 3. The minimum absolute atomic E-state index is 0.146. The van der Waals surface area contributed by atoms with Crippen molar-refractivity contribution < 1.29 is 34.3 Å². The molecule has 5 rings (SSSR count). The first-order valence-electron chi connectivity index (χ1n) is 23.8. The first-order chi connectivity index (χ1) is 27.3. The summed E-state index contributed by atoms with van der Waals surface area (Å²) >= 11 is 0. The van der Waals surface area contributed by atoms with Crippen molar-refractivity contribution in [2.24, 2.45) is 52.3 Å². The molecule has 1 aliphatic heterocycles. The number of aliphatic hydroxyl groups excluding tert-OH is 3. The van der Waals surface area contributed by atoms with Gasteiger partial charge in [0.15, 0.2) is 6.29 Å². The van der Waals surface area contributed by atoms with E-state index in [2.05, 4.69) is 78.8 Å². The molecule has 0 aromatic carbocycles. The molecular formula is C50H84O7. The molecule has 0 radical (unpaired) electrons. The molecule has 0 spiro atoms. The number of allylic oxidation sites excluding steroid dienone is 5. The van der Waals surface area contributed by atoms with Gasteiger partial charge in [-0.15, -0.1) is 0 Å². The van der Waals surface area contributed by atoms with Gasteiger partial charge >= 0.3 is 5.97 Å². The lowest BCUT2D eigenvalue weighted by atomic mass is 9.47. The van der Waals surface area contributed by atoms with Crippen LogP contribution in [0.4, 0.5) is 0 Å². The Hall–Kier alpha value is -1.51. The van der Waals surface area contributed by atoms with Gasteiger partial charge in [0, 0.05) is 6.42 Å².